The van der Waals surface area contributed by atoms with Crippen molar-refractivity contribution in [3.05, 3.63) is 22.1 Å². The number of likely N-dealkylation sites (N-methyl/N-ethyl adjacent to an activating group) is 1. The van der Waals surface area contributed by atoms with Gasteiger partial charge in [-0.1, -0.05) is 26.2 Å². The number of nitrogens with one attached hydrogen (secondary N) is 1. The maximum atomic E-state index is 12.6. The molecule has 2 aliphatic heterocycles. The zero-order valence-electron chi connectivity index (χ0n) is 16.3. The van der Waals surface area contributed by atoms with Gasteiger partial charge in [0.1, 0.15) is 0 Å². The minimum atomic E-state index is -0.114. The lowest BCUT2D eigenvalue weighted by atomic mass is 9.94. The zero-order chi connectivity index (χ0) is 18.8. The van der Waals surface area contributed by atoms with E-state index in [0.29, 0.717) is 25.0 Å². The van der Waals surface area contributed by atoms with E-state index in [9.17, 15) is 9.59 Å². The molecule has 27 heavy (non-hydrogen) atoms. The van der Waals surface area contributed by atoms with Crippen molar-refractivity contribution in [1.82, 2.24) is 19.8 Å². The van der Waals surface area contributed by atoms with E-state index in [2.05, 4.69) is 26.6 Å². The van der Waals surface area contributed by atoms with Gasteiger partial charge in [-0.25, -0.2) is 4.98 Å². The van der Waals surface area contributed by atoms with E-state index in [1.54, 1.807) is 6.07 Å². The minimum absolute atomic E-state index is 0.0393. The molecule has 2 saturated heterocycles. The first-order valence-corrected chi connectivity index (χ1v) is 10.5. The van der Waals surface area contributed by atoms with Gasteiger partial charge in [0, 0.05) is 57.2 Å². The number of carbonyl (C=O) groups is 1. The molecular formula is C20H31N5O2. The molecule has 4 rings (SSSR count). The molecule has 1 N–H and O–H groups in total. The van der Waals surface area contributed by atoms with Crippen LogP contribution in [0.2, 0.25) is 0 Å². The SMILES string of the molecule is CCN1CCN(c2nc([C@@H]3CC(=O)N(C4CCCCC4)C3)cc(=O)[nH]2)CC1. The van der Waals surface area contributed by atoms with Crippen molar-refractivity contribution < 1.29 is 4.79 Å². The lowest BCUT2D eigenvalue weighted by molar-refractivity contribution is -0.130. The Morgan fingerprint density at radius 3 is 2.56 bits per heavy atom. The van der Waals surface area contributed by atoms with Gasteiger partial charge in [-0.05, 0) is 19.4 Å². The lowest BCUT2D eigenvalue weighted by Gasteiger charge is -2.34. The van der Waals surface area contributed by atoms with E-state index in [-0.39, 0.29) is 17.4 Å². The van der Waals surface area contributed by atoms with Crippen molar-refractivity contribution >= 4 is 11.9 Å². The van der Waals surface area contributed by atoms with E-state index in [4.69, 9.17) is 4.98 Å². The third kappa shape index (κ3) is 4.03. The van der Waals surface area contributed by atoms with Crippen LogP contribution in [0.4, 0.5) is 5.95 Å². The molecule has 1 atom stereocenters. The Kier molecular flexibility index (Phi) is 5.48. The molecule has 0 radical (unpaired) electrons. The highest BCUT2D eigenvalue weighted by Gasteiger charge is 2.36. The maximum absolute atomic E-state index is 12.6. The average molecular weight is 374 g/mol. The highest BCUT2D eigenvalue weighted by atomic mass is 16.2. The predicted octanol–water partition coefficient (Wildman–Crippen LogP) is 1.56. The monoisotopic (exact) mass is 373 g/mol. The Labute approximate surface area is 160 Å². The number of hydrogen-bond donors (Lipinski definition) is 1. The highest BCUT2D eigenvalue weighted by Crippen LogP contribution is 2.32. The number of rotatable bonds is 4. The molecular weight excluding hydrogens is 342 g/mol. The first kappa shape index (κ1) is 18.5. The molecule has 7 nitrogen and oxygen atoms in total. The summed E-state index contributed by atoms with van der Waals surface area (Å²) in [6, 6.07) is 1.98. The smallest absolute Gasteiger partial charge is 0.252 e. The topological polar surface area (TPSA) is 72.5 Å². The maximum Gasteiger partial charge on any atom is 0.252 e. The zero-order valence-corrected chi connectivity index (χ0v) is 16.3. The van der Waals surface area contributed by atoms with E-state index in [1.807, 2.05) is 0 Å². The summed E-state index contributed by atoms with van der Waals surface area (Å²) in [6.07, 6.45) is 6.44. The number of anilines is 1. The summed E-state index contributed by atoms with van der Waals surface area (Å²) in [7, 11) is 0. The number of likely N-dealkylation sites (tertiary alicyclic amines) is 1. The second kappa shape index (κ2) is 8.00. The molecule has 0 aromatic carbocycles. The van der Waals surface area contributed by atoms with Gasteiger partial charge in [0.2, 0.25) is 11.9 Å². The van der Waals surface area contributed by atoms with Crippen LogP contribution >= 0.6 is 0 Å². The van der Waals surface area contributed by atoms with Crippen LogP contribution in [0.15, 0.2) is 10.9 Å². The Balaban J connectivity index is 1.48. The number of nitrogens with zero attached hydrogens (tertiary/aromatic N) is 4. The number of H-pyrrole nitrogens is 1. The predicted molar refractivity (Wildman–Crippen MR) is 105 cm³/mol. The molecule has 0 bridgehead atoms. The molecule has 7 heteroatoms. The van der Waals surface area contributed by atoms with E-state index >= 15 is 0 Å². The van der Waals surface area contributed by atoms with Gasteiger partial charge in [-0.15, -0.1) is 0 Å². The summed E-state index contributed by atoms with van der Waals surface area (Å²) < 4.78 is 0. The third-order valence-electron chi connectivity index (χ3n) is 6.46. The van der Waals surface area contributed by atoms with Crippen LogP contribution in [0.3, 0.4) is 0 Å². The van der Waals surface area contributed by atoms with Crippen molar-refractivity contribution in [2.24, 2.45) is 0 Å². The first-order valence-electron chi connectivity index (χ1n) is 10.5. The van der Waals surface area contributed by atoms with Crippen LogP contribution in [-0.4, -0.2) is 71.0 Å². The number of piperazine rings is 1. The summed E-state index contributed by atoms with van der Waals surface area (Å²) >= 11 is 0. The summed E-state index contributed by atoms with van der Waals surface area (Å²) in [5, 5.41) is 0. The Bertz CT molecular complexity index is 719. The number of amides is 1. The molecule has 1 saturated carbocycles. The van der Waals surface area contributed by atoms with Gasteiger partial charge in [0.05, 0.1) is 5.69 Å². The number of aromatic amines is 1. The van der Waals surface area contributed by atoms with E-state index < -0.39 is 0 Å². The third-order valence-corrected chi connectivity index (χ3v) is 6.46. The largest absolute Gasteiger partial charge is 0.340 e. The van der Waals surface area contributed by atoms with Crippen LogP contribution in [0.1, 0.15) is 57.1 Å². The van der Waals surface area contributed by atoms with Crippen molar-refractivity contribution in [3.63, 3.8) is 0 Å². The van der Waals surface area contributed by atoms with Crippen molar-refractivity contribution in [1.29, 1.82) is 0 Å². The van der Waals surface area contributed by atoms with E-state index in [1.165, 1.54) is 19.3 Å². The summed E-state index contributed by atoms with van der Waals surface area (Å²) in [6.45, 7) is 7.66. The van der Waals surface area contributed by atoms with Crippen molar-refractivity contribution in [2.75, 3.05) is 44.2 Å². The van der Waals surface area contributed by atoms with Gasteiger partial charge in [-0.3, -0.25) is 14.6 Å². The molecule has 1 amide bonds. The summed E-state index contributed by atoms with van der Waals surface area (Å²) in [5.74, 6) is 0.932. The molecule has 3 fully saturated rings. The fourth-order valence-corrected chi connectivity index (χ4v) is 4.77. The second-order valence-corrected chi connectivity index (χ2v) is 8.15. The quantitative estimate of drug-likeness (QED) is 0.867. The van der Waals surface area contributed by atoms with E-state index in [0.717, 1.165) is 51.3 Å². The Morgan fingerprint density at radius 2 is 1.85 bits per heavy atom. The molecule has 1 aromatic heterocycles. The van der Waals surface area contributed by atoms with Crippen LogP contribution < -0.4 is 10.5 Å². The summed E-state index contributed by atoms with van der Waals surface area (Å²) in [5.41, 5.74) is 0.662. The van der Waals surface area contributed by atoms with Gasteiger partial charge >= 0.3 is 0 Å². The molecule has 1 aromatic rings. The molecule has 0 unspecified atom stereocenters. The molecule has 3 heterocycles. The molecule has 0 spiro atoms. The van der Waals surface area contributed by atoms with Crippen LogP contribution in [0.25, 0.3) is 0 Å². The van der Waals surface area contributed by atoms with Gasteiger partial charge < -0.3 is 14.7 Å². The molecule has 1 aliphatic carbocycles. The fraction of sp³-hybridized carbons (Fsp3) is 0.750. The van der Waals surface area contributed by atoms with Crippen molar-refractivity contribution in [2.45, 2.75) is 57.4 Å². The lowest BCUT2D eigenvalue weighted by Crippen LogP contribution is -2.47. The number of aromatic nitrogens is 2. The number of carbonyl (C=O) groups excluding carboxylic acids is 1. The van der Waals surface area contributed by atoms with Gasteiger partial charge in [0.15, 0.2) is 0 Å². The van der Waals surface area contributed by atoms with Gasteiger partial charge in [0.25, 0.3) is 5.56 Å². The molecule has 148 valence electrons. The van der Waals surface area contributed by atoms with Crippen LogP contribution in [0.5, 0.6) is 0 Å². The van der Waals surface area contributed by atoms with Crippen LogP contribution in [-0.2, 0) is 4.79 Å². The van der Waals surface area contributed by atoms with Gasteiger partial charge in [-0.2, -0.15) is 0 Å². The molecule has 3 aliphatic rings. The Morgan fingerprint density at radius 1 is 1.11 bits per heavy atom. The minimum Gasteiger partial charge on any atom is -0.340 e. The standard InChI is InChI=1S/C20H31N5O2/c1-2-23-8-10-24(11-9-23)20-21-17(13-18(26)22-20)15-12-19(27)25(14-15)16-6-4-3-5-7-16/h13,15-16H,2-12,14H2,1H3,(H,21,22,26)/t15-/m1/s1. The number of hydrogen-bond acceptors (Lipinski definition) is 5. The highest BCUT2D eigenvalue weighted by molar-refractivity contribution is 5.80. The summed E-state index contributed by atoms with van der Waals surface area (Å²) in [4.78, 5) is 39.2. The van der Waals surface area contributed by atoms with Crippen molar-refractivity contribution in [3.8, 4) is 0 Å². The average Bonchev–Trinajstić information content (AvgIpc) is 3.10. The Hall–Kier alpha value is -1.89. The normalized spacial score (nSPS) is 25.4. The first-order chi connectivity index (χ1) is 13.1. The fourth-order valence-electron chi connectivity index (χ4n) is 4.77. The van der Waals surface area contributed by atoms with Crippen LogP contribution in [0, 0.1) is 0 Å². The second-order valence-electron chi connectivity index (χ2n) is 8.15.